The molecule has 0 saturated carbocycles. The molecule has 3 heterocycles. The summed E-state index contributed by atoms with van der Waals surface area (Å²) in [6.07, 6.45) is 0.521. The van der Waals surface area contributed by atoms with E-state index in [1.54, 1.807) is 13.0 Å². The van der Waals surface area contributed by atoms with Crippen LogP contribution in [0.3, 0.4) is 0 Å². The third kappa shape index (κ3) is 4.34. The van der Waals surface area contributed by atoms with Crippen LogP contribution in [-0.2, 0) is 6.18 Å². The second kappa shape index (κ2) is 7.76. The van der Waals surface area contributed by atoms with Crippen LogP contribution in [0.15, 0.2) is 37.1 Å². The van der Waals surface area contributed by atoms with Crippen molar-refractivity contribution in [3.63, 3.8) is 0 Å². The monoisotopic (exact) mass is 412 g/mol. The van der Waals surface area contributed by atoms with E-state index in [1.165, 1.54) is 23.4 Å². The molecule has 0 aliphatic carbocycles. The molecule has 3 aromatic rings. The Morgan fingerprint density at radius 3 is 2.57 bits per heavy atom. The number of hydrogen-bond donors (Lipinski definition) is 2. The van der Waals surface area contributed by atoms with Gasteiger partial charge in [-0.15, -0.1) is 0 Å². The summed E-state index contributed by atoms with van der Waals surface area (Å²) < 4.78 is 39.2. The third-order valence-electron chi connectivity index (χ3n) is 3.44. The van der Waals surface area contributed by atoms with E-state index < -0.39 is 23.9 Å². The molecular weight excluding hydrogens is 401 g/mol. The highest BCUT2D eigenvalue weighted by Gasteiger charge is 2.33. The standard InChI is InChI=1S/C15H12ClF3N8O/c1-8(12-23-7-24-27(12)13-20-3-2-4-21-13)25-14(28)26-10-6-22-11(5-9(10)16)15(17,18)19/h2-8H,1H3,(H2,25,26,28)/t8-/m0/s1. The Hall–Kier alpha value is -3.28. The lowest BCUT2D eigenvalue weighted by Gasteiger charge is -2.15. The molecule has 3 rings (SSSR count). The maximum Gasteiger partial charge on any atom is 0.433 e. The van der Waals surface area contributed by atoms with Crippen molar-refractivity contribution in [1.82, 2.24) is 35.0 Å². The van der Waals surface area contributed by atoms with Gasteiger partial charge in [0.2, 0.25) is 0 Å². The van der Waals surface area contributed by atoms with Gasteiger partial charge in [0.25, 0.3) is 5.95 Å². The van der Waals surface area contributed by atoms with E-state index in [1.807, 2.05) is 0 Å². The van der Waals surface area contributed by atoms with Gasteiger partial charge in [-0.2, -0.15) is 23.0 Å². The van der Waals surface area contributed by atoms with E-state index >= 15 is 0 Å². The molecule has 13 heteroatoms. The first kappa shape index (κ1) is 19.5. The van der Waals surface area contributed by atoms with Gasteiger partial charge in [-0.1, -0.05) is 11.6 Å². The number of nitrogens with one attached hydrogen (secondary N) is 2. The molecule has 0 fully saturated rings. The van der Waals surface area contributed by atoms with E-state index in [0.717, 1.165) is 6.20 Å². The quantitative estimate of drug-likeness (QED) is 0.681. The predicted molar refractivity (Wildman–Crippen MR) is 91.8 cm³/mol. The Labute approximate surface area is 161 Å². The van der Waals surface area contributed by atoms with Gasteiger partial charge in [0.1, 0.15) is 12.0 Å². The number of aromatic nitrogens is 6. The highest BCUT2D eigenvalue weighted by Crippen LogP contribution is 2.31. The molecule has 9 nitrogen and oxygen atoms in total. The van der Waals surface area contributed by atoms with E-state index in [0.29, 0.717) is 11.9 Å². The van der Waals surface area contributed by atoms with Crippen LogP contribution >= 0.6 is 11.6 Å². The number of hydrogen-bond acceptors (Lipinski definition) is 6. The summed E-state index contributed by atoms with van der Waals surface area (Å²) in [6.45, 7) is 1.63. The first-order chi connectivity index (χ1) is 13.3. The minimum absolute atomic E-state index is 0.0766. The SMILES string of the molecule is C[C@H](NC(=O)Nc1cnc(C(F)(F)F)cc1Cl)c1ncnn1-c1ncccn1. The van der Waals surface area contributed by atoms with Crippen LogP contribution in [0.5, 0.6) is 0 Å². The van der Waals surface area contributed by atoms with Gasteiger partial charge in [0.05, 0.1) is 22.9 Å². The molecule has 0 saturated heterocycles. The first-order valence-corrected chi connectivity index (χ1v) is 8.11. The van der Waals surface area contributed by atoms with Crippen LogP contribution in [0, 0.1) is 0 Å². The molecule has 1 atom stereocenters. The fourth-order valence-corrected chi connectivity index (χ4v) is 2.40. The zero-order valence-corrected chi connectivity index (χ0v) is 14.9. The van der Waals surface area contributed by atoms with Crippen molar-refractivity contribution in [2.24, 2.45) is 0 Å². The first-order valence-electron chi connectivity index (χ1n) is 7.73. The summed E-state index contributed by atoms with van der Waals surface area (Å²) in [5.74, 6) is 0.608. The van der Waals surface area contributed by atoms with Crippen LogP contribution in [0.2, 0.25) is 5.02 Å². The van der Waals surface area contributed by atoms with Gasteiger partial charge in [0, 0.05) is 12.4 Å². The number of urea groups is 1. The van der Waals surface area contributed by atoms with Gasteiger partial charge < -0.3 is 10.6 Å². The van der Waals surface area contributed by atoms with Crippen LogP contribution < -0.4 is 10.6 Å². The molecule has 2 N–H and O–H groups in total. The van der Waals surface area contributed by atoms with E-state index in [9.17, 15) is 18.0 Å². The van der Waals surface area contributed by atoms with Gasteiger partial charge in [0.15, 0.2) is 5.82 Å². The van der Waals surface area contributed by atoms with Crippen molar-refractivity contribution < 1.29 is 18.0 Å². The number of amides is 2. The Morgan fingerprint density at radius 2 is 1.93 bits per heavy atom. The lowest BCUT2D eigenvalue weighted by atomic mass is 10.3. The van der Waals surface area contributed by atoms with Crippen molar-refractivity contribution in [1.29, 1.82) is 0 Å². The number of halogens is 4. The molecule has 3 aromatic heterocycles. The number of alkyl halides is 3. The lowest BCUT2D eigenvalue weighted by molar-refractivity contribution is -0.141. The summed E-state index contributed by atoms with van der Waals surface area (Å²) >= 11 is 5.80. The number of anilines is 1. The normalized spacial score (nSPS) is 12.5. The van der Waals surface area contributed by atoms with Gasteiger partial charge >= 0.3 is 12.2 Å². The summed E-state index contributed by atoms with van der Waals surface area (Å²) in [7, 11) is 0. The molecular formula is C15H12ClF3N8O. The Morgan fingerprint density at radius 1 is 1.21 bits per heavy atom. The van der Waals surface area contributed by atoms with E-state index in [-0.39, 0.29) is 16.7 Å². The fourth-order valence-electron chi connectivity index (χ4n) is 2.20. The number of pyridine rings is 1. The highest BCUT2D eigenvalue weighted by molar-refractivity contribution is 6.33. The molecule has 28 heavy (non-hydrogen) atoms. The minimum atomic E-state index is -4.64. The summed E-state index contributed by atoms with van der Waals surface area (Å²) in [6, 6.07) is 0.910. The largest absolute Gasteiger partial charge is 0.433 e. The number of carbonyl (C=O) groups excluding carboxylic acids is 1. The molecule has 0 aromatic carbocycles. The molecule has 2 amide bonds. The second-order valence-electron chi connectivity index (χ2n) is 5.45. The summed E-state index contributed by atoms with van der Waals surface area (Å²) in [4.78, 5) is 27.6. The lowest BCUT2D eigenvalue weighted by Crippen LogP contribution is -2.33. The van der Waals surface area contributed by atoms with Crippen molar-refractivity contribution in [3.05, 3.63) is 53.6 Å². The van der Waals surface area contributed by atoms with Gasteiger partial charge in [-0.05, 0) is 19.1 Å². The molecule has 0 aliphatic rings. The molecule has 146 valence electrons. The average Bonchev–Trinajstić information content (AvgIpc) is 3.13. The number of carbonyl (C=O) groups is 1. The van der Waals surface area contributed by atoms with E-state index in [2.05, 4.69) is 35.7 Å². The topological polar surface area (TPSA) is 111 Å². The van der Waals surface area contributed by atoms with Crippen LogP contribution in [0.25, 0.3) is 5.95 Å². The van der Waals surface area contributed by atoms with Crippen molar-refractivity contribution >= 4 is 23.3 Å². The molecule has 0 radical (unpaired) electrons. The van der Waals surface area contributed by atoms with Crippen LogP contribution in [0.1, 0.15) is 24.5 Å². The maximum atomic E-state index is 12.6. The Bertz CT molecular complexity index is 979. The zero-order chi connectivity index (χ0) is 20.3. The van der Waals surface area contributed by atoms with Crippen molar-refractivity contribution in [2.45, 2.75) is 19.1 Å². The number of rotatable bonds is 4. The third-order valence-corrected chi connectivity index (χ3v) is 3.76. The average molecular weight is 413 g/mol. The molecule has 0 unspecified atom stereocenters. The van der Waals surface area contributed by atoms with Crippen molar-refractivity contribution in [2.75, 3.05) is 5.32 Å². The van der Waals surface area contributed by atoms with Crippen molar-refractivity contribution in [3.8, 4) is 5.95 Å². The fraction of sp³-hybridized carbons (Fsp3) is 0.200. The predicted octanol–water partition coefficient (Wildman–Crippen LogP) is 3.01. The van der Waals surface area contributed by atoms with E-state index in [4.69, 9.17) is 11.6 Å². The molecule has 0 aliphatic heterocycles. The summed E-state index contributed by atoms with van der Waals surface area (Å²) in [5.41, 5.74) is -1.24. The highest BCUT2D eigenvalue weighted by atomic mass is 35.5. The Balaban J connectivity index is 1.70. The zero-order valence-electron chi connectivity index (χ0n) is 14.1. The van der Waals surface area contributed by atoms with Gasteiger partial charge in [-0.25, -0.2) is 24.7 Å². The second-order valence-corrected chi connectivity index (χ2v) is 5.85. The van der Waals surface area contributed by atoms with Gasteiger partial charge in [-0.3, -0.25) is 0 Å². The number of nitrogens with zero attached hydrogens (tertiary/aromatic N) is 6. The smallest absolute Gasteiger partial charge is 0.328 e. The summed E-state index contributed by atoms with van der Waals surface area (Å²) in [5, 5.41) is 8.63. The van der Waals surface area contributed by atoms with Crippen LogP contribution in [-0.4, -0.2) is 35.7 Å². The molecule has 0 bridgehead atoms. The minimum Gasteiger partial charge on any atom is -0.328 e. The van der Waals surface area contributed by atoms with Crippen LogP contribution in [0.4, 0.5) is 23.7 Å². The molecule has 0 spiro atoms. The maximum absolute atomic E-state index is 12.6. The Kier molecular flexibility index (Phi) is 5.40.